The summed E-state index contributed by atoms with van der Waals surface area (Å²) in [6, 6.07) is -0.0105. The van der Waals surface area contributed by atoms with E-state index in [-0.39, 0.29) is 16.9 Å². The van der Waals surface area contributed by atoms with Crippen LogP contribution in [0.3, 0.4) is 0 Å². The molecule has 0 spiro atoms. The summed E-state index contributed by atoms with van der Waals surface area (Å²) < 4.78 is 32.4. The zero-order chi connectivity index (χ0) is 14.9. The van der Waals surface area contributed by atoms with E-state index < -0.39 is 10.0 Å². The molecule has 1 saturated carbocycles. The summed E-state index contributed by atoms with van der Waals surface area (Å²) >= 11 is 0. The average molecular weight is 301 g/mol. The molecule has 1 aliphatic carbocycles. The van der Waals surface area contributed by atoms with E-state index in [0.29, 0.717) is 24.5 Å². The first-order valence-electron chi connectivity index (χ1n) is 7.08. The SMILES string of the molecule is CCN(C1CCCC1CN)S(=O)(=O)c1c(C)noc1C. The Morgan fingerprint density at radius 3 is 2.60 bits per heavy atom. The molecule has 0 aromatic carbocycles. The summed E-state index contributed by atoms with van der Waals surface area (Å²) in [6.07, 6.45) is 2.90. The molecule has 2 atom stereocenters. The van der Waals surface area contributed by atoms with Crippen LogP contribution in [0, 0.1) is 19.8 Å². The van der Waals surface area contributed by atoms with Gasteiger partial charge in [0.2, 0.25) is 10.0 Å². The van der Waals surface area contributed by atoms with Crippen LogP contribution in [0.4, 0.5) is 0 Å². The van der Waals surface area contributed by atoms with Crippen molar-refractivity contribution in [2.24, 2.45) is 11.7 Å². The highest BCUT2D eigenvalue weighted by Crippen LogP contribution is 2.34. The van der Waals surface area contributed by atoms with Gasteiger partial charge in [0.1, 0.15) is 10.6 Å². The minimum Gasteiger partial charge on any atom is -0.360 e. The van der Waals surface area contributed by atoms with Crippen molar-refractivity contribution in [3.63, 3.8) is 0 Å². The fraction of sp³-hybridized carbons (Fsp3) is 0.769. The van der Waals surface area contributed by atoms with Crippen LogP contribution in [0.5, 0.6) is 0 Å². The van der Waals surface area contributed by atoms with E-state index in [0.717, 1.165) is 19.3 Å². The Morgan fingerprint density at radius 1 is 1.40 bits per heavy atom. The smallest absolute Gasteiger partial charge is 0.248 e. The van der Waals surface area contributed by atoms with E-state index >= 15 is 0 Å². The molecule has 1 heterocycles. The van der Waals surface area contributed by atoms with E-state index in [1.807, 2.05) is 6.92 Å². The zero-order valence-corrected chi connectivity index (χ0v) is 13.1. The summed E-state index contributed by atoms with van der Waals surface area (Å²) in [5, 5.41) is 3.76. The van der Waals surface area contributed by atoms with Crippen LogP contribution in [0.25, 0.3) is 0 Å². The van der Waals surface area contributed by atoms with E-state index in [9.17, 15) is 8.42 Å². The van der Waals surface area contributed by atoms with Gasteiger partial charge >= 0.3 is 0 Å². The molecule has 2 rings (SSSR count). The molecule has 1 aromatic rings. The molecule has 1 aliphatic rings. The molecule has 20 heavy (non-hydrogen) atoms. The number of aromatic nitrogens is 1. The maximum absolute atomic E-state index is 12.9. The van der Waals surface area contributed by atoms with Crippen LogP contribution >= 0.6 is 0 Å². The van der Waals surface area contributed by atoms with Gasteiger partial charge in [0.05, 0.1) is 0 Å². The lowest BCUT2D eigenvalue weighted by Crippen LogP contribution is -2.44. The molecule has 2 N–H and O–H groups in total. The number of nitrogens with two attached hydrogens (primary N) is 1. The maximum Gasteiger partial charge on any atom is 0.248 e. The Kier molecular flexibility index (Phi) is 4.51. The average Bonchev–Trinajstić information content (AvgIpc) is 2.97. The third kappa shape index (κ3) is 2.49. The lowest BCUT2D eigenvalue weighted by atomic mass is 10.0. The maximum atomic E-state index is 12.9. The molecule has 0 radical (unpaired) electrons. The number of sulfonamides is 1. The second-order valence-corrected chi connectivity index (χ2v) is 7.18. The molecule has 0 aliphatic heterocycles. The highest BCUT2D eigenvalue weighted by Gasteiger charge is 2.39. The highest BCUT2D eigenvalue weighted by molar-refractivity contribution is 7.89. The van der Waals surface area contributed by atoms with E-state index in [4.69, 9.17) is 10.3 Å². The van der Waals surface area contributed by atoms with E-state index in [2.05, 4.69) is 5.16 Å². The van der Waals surface area contributed by atoms with Crippen molar-refractivity contribution < 1.29 is 12.9 Å². The highest BCUT2D eigenvalue weighted by atomic mass is 32.2. The Bertz CT molecular complexity index is 548. The Balaban J connectivity index is 2.40. The predicted octanol–water partition coefficient (Wildman–Crippen LogP) is 1.43. The normalized spacial score (nSPS) is 23.6. The summed E-state index contributed by atoms with van der Waals surface area (Å²) in [4.78, 5) is 0.210. The quantitative estimate of drug-likeness (QED) is 0.888. The van der Waals surface area contributed by atoms with Gasteiger partial charge in [-0.3, -0.25) is 0 Å². The Hall–Kier alpha value is -0.920. The van der Waals surface area contributed by atoms with E-state index in [1.54, 1.807) is 18.2 Å². The van der Waals surface area contributed by atoms with Gasteiger partial charge in [-0.2, -0.15) is 4.31 Å². The van der Waals surface area contributed by atoms with Crippen molar-refractivity contribution in [1.82, 2.24) is 9.46 Å². The largest absolute Gasteiger partial charge is 0.360 e. The number of aryl methyl sites for hydroxylation is 2. The molecule has 1 fully saturated rings. The first-order valence-corrected chi connectivity index (χ1v) is 8.52. The van der Waals surface area contributed by atoms with Crippen LogP contribution in [-0.4, -0.2) is 37.0 Å². The molecule has 6 nitrogen and oxygen atoms in total. The Morgan fingerprint density at radius 2 is 2.10 bits per heavy atom. The van der Waals surface area contributed by atoms with Crippen molar-refractivity contribution >= 4 is 10.0 Å². The third-order valence-corrected chi connectivity index (χ3v) is 6.38. The lowest BCUT2D eigenvalue weighted by molar-refractivity contribution is 0.275. The van der Waals surface area contributed by atoms with Gasteiger partial charge in [-0.05, 0) is 39.2 Å². The van der Waals surface area contributed by atoms with Gasteiger partial charge in [0.15, 0.2) is 5.76 Å². The van der Waals surface area contributed by atoms with Crippen LogP contribution in [0.1, 0.15) is 37.6 Å². The fourth-order valence-corrected chi connectivity index (χ4v) is 5.23. The van der Waals surface area contributed by atoms with Gasteiger partial charge in [-0.15, -0.1) is 0 Å². The third-order valence-electron chi connectivity index (χ3n) is 4.14. The van der Waals surface area contributed by atoms with Gasteiger partial charge in [0, 0.05) is 12.6 Å². The molecule has 0 bridgehead atoms. The second kappa shape index (κ2) is 5.83. The molecular formula is C13H23N3O3S. The minimum atomic E-state index is -3.57. The molecule has 2 unspecified atom stereocenters. The summed E-state index contributed by atoms with van der Waals surface area (Å²) in [5.41, 5.74) is 6.21. The number of hydrogen-bond acceptors (Lipinski definition) is 5. The standard InChI is InChI=1S/C13H23N3O3S/c1-4-16(12-7-5-6-11(12)8-14)20(17,18)13-9(2)15-19-10(13)3/h11-12H,4-8,14H2,1-3H3. The van der Waals surface area contributed by atoms with Crippen LogP contribution in [0.2, 0.25) is 0 Å². The van der Waals surface area contributed by atoms with Crippen molar-refractivity contribution in [3.05, 3.63) is 11.5 Å². The Labute approximate surface area is 120 Å². The predicted molar refractivity (Wildman–Crippen MR) is 75.7 cm³/mol. The van der Waals surface area contributed by atoms with Gasteiger partial charge in [-0.1, -0.05) is 18.5 Å². The van der Waals surface area contributed by atoms with Crippen LogP contribution in [-0.2, 0) is 10.0 Å². The number of nitrogens with zero attached hydrogens (tertiary/aromatic N) is 2. The zero-order valence-electron chi connectivity index (χ0n) is 12.3. The molecule has 0 amide bonds. The molecular weight excluding hydrogens is 278 g/mol. The van der Waals surface area contributed by atoms with Crippen molar-refractivity contribution in [3.8, 4) is 0 Å². The summed E-state index contributed by atoms with van der Waals surface area (Å²) in [5.74, 6) is 0.591. The van der Waals surface area contributed by atoms with Gasteiger partial charge < -0.3 is 10.3 Å². The number of rotatable bonds is 5. The molecule has 0 saturated heterocycles. The monoisotopic (exact) mass is 301 g/mol. The first kappa shape index (κ1) is 15.5. The van der Waals surface area contributed by atoms with Gasteiger partial charge in [0.25, 0.3) is 0 Å². The van der Waals surface area contributed by atoms with Crippen molar-refractivity contribution in [2.75, 3.05) is 13.1 Å². The van der Waals surface area contributed by atoms with Crippen molar-refractivity contribution in [1.29, 1.82) is 0 Å². The number of hydrogen-bond donors (Lipinski definition) is 1. The lowest BCUT2D eigenvalue weighted by Gasteiger charge is -2.30. The second-order valence-electron chi connectivity index (χ2n) is 5.36. The van der Waals surface area contributed by atoms with Crippen LogP contribution in [0.15, 0.2) is 9.42 Å². The molecule has 114 valence electrons. The fourth-order valence-electron chi connectivity index (χ4n) is 3.21. The topological polar surface area (TPSA) is 89.4 Å². The summed E-state index contributed by atoms with van der Waals surface area (Å²) in [6.45, 7) is 6.12. The molecule has 1 aromatic heterocycles. The molecule has 7 heteroatoms. The van der Waals surface area contributed by atoms with Gasteiger partial charge in [-0.25, -0.2) is 8.42 Å². The first-order chi connectivity index (χ1) is 9.43. The summed E-state index contributed by atoms with van der Waals surface area (Å²) in [7, 11) is -3.57. The van der Waals surface area contributed by atoms with E-state index in [1.165, 1.54) is 0 Å². The van der Waals surface area contributed by atoms with Crippen molar-refractivity contribution in [2.45, 2.75) is 51.0 Å². The minimum absolute atomic E-state index is 0.0105. The van der Waals surface area contributed by atoms with Crippen LogP contribution < -0.4 is 5.73 Å².